The van der Waals surface area contributed by atoms with Crippen LogP contribution in [0.5, 0.6) is 0 Å². The molecule has 1 aliphatic rings. The van der Waals surface area contributed by atoms with E-state index < -0.39 is 0 Å². The van der Waals surface area contributed by atoms with Crippen molar-refractivity contribution >= 4 is 29.0 Å². The summed E-state index contributed by atoms with van der Waals surface area (Å²) in [6.07, 6.45) is 0.765. The van der Waals surface area contributed by atoms with E-state index in [-0.39, 0.29) is 0 Å². The number of rotatable bonds is 4. The van der Waals surface area contributed by atoms with E-state index in [1.807, 2.05) is 0 Å². The Bertz CT molecular complexity index is 421. The first-order valence-electron chi connectivity index (χ1n) is 6.80. The summed E-state index contributed by atoms with van der Waals surface area (Å²) in [5.74, 6) is 1.19. The predicted molar refractivity (Wildman–Crippen MR) is 88.7 cm³/mol. The summed E-state index contributed by atoms with van der Waals surface area (Å²) in [7, 11) is 0. The first-order chi connectivity index (χ1) is 9.09. The van der Waals surface area contributed by atoms with E-state index in [0.29, 0.717) is 22.3 Å². The molecule has 3 atom stereocenters. The monoisotopic (exact) mass is 294 g/mol. The lowest BCUT2D eigenvalue weighted by atomic mass is 9.99. The molecule has 3 unspecified atom stereocenters. The van der Waals surface area contributed by atoms with Crippen molar-refractivity contribution in [1.29, 1.82) is 0 Å². The van der Waals surface area contributed by atoms with Gasteiger partial charge in [-0.25, -0.2) is 0 Å². The van der Waals surface area contributed by atoms with E-state index in [0.717, 1.165) is 13.0 Å². The smallest absolute Gasteiger partial charge is 0.0746 e. The molecule has 1 aromatic rings. The lowest BCUT2D eigenvalue weighted by molar-refractivity contribution is 0.150. The Morgan fingerprint density at radius 3 is 2.74 bits per heavy atom. The number of nitrogens with two attached hydrogens (primary N) is 1. The van der Waals surface area contributed by atoms with Gasteiger partial charge in [0.1, 0.15) is 0 Å². The average Bonchev–Trinajstić information content (AvgIpc) is 2.40. The normalized spacial score (nSPS) is 26.0. The van der Waals surface area contributed by atoms with Crippen LogP contribution in [0.4, 0.5) is 0 Å². The van der Waals surface area contributed by atoms with Gasteiger partial charge in [0.2, 0.25) is 0 Å². The number of thiocarbonyl (C=S) groups is 1. The van der Waals surface area contributed by atoms with Gasteiger partial charge >= 0.3 is 0 Å². The average molecular weight is 294 g/mol. The second-order valence-electron chi connectivity index (χ2n) is 5.15. The molecule has 2 rings (SSSR count). The second kappa shape index (κ2) is 6.73. The molecule has 4 heteroatoms. The highest BCUT2D eigenvalue weighted by Gasteiger charge is 2.31. The van der Waals surface area contributed by atoms with Crippen molar-refractivity contribution in [3.8, 4) is 0 Å². The van der Waals surface area contributed by atoms with Crippen molar-refractivity contribution < 1.29 is 0 Å². The van der Waals surface area contributed by atoms with Gasteiger partial charge in [0.15, 0.2) is 0 Å². The second-order valence-corrected chi connectivity index (χ2v) is 7.16. The summed E-state index contributed by atoms with van der Waals surface area (Å²) >= 11 is 7.21. The third-order valence-corrected chi connectivity index (χ3v) is 5.42. The molecule has 104 valence electrons. The Morgan fingerprint density at radius 2 is 2.11 bits per heavy atom. The fourth-order valence-electron chi connectivity index (χ4n) is 2.69. The van der Waals surface area contributed by atoms with Crippen molar-refractivity contribution in [3.05, 3.63) is 35.9 Å². The minimum absolute atomic E-state index is 0.317. The van der Waals surface area contributed by atoms with E-state index >= 15 is 0 Å². The van der Waals surface area contributed by atoms with Crippen molar-refractivity contribution in [2.45, 2.75) is 37.6 Å². The molecule has 1 aromatic carbocycles. The Balaban J connectivity index is 2.24. The lowest BCUT2D eigenvalue weighted by Gasteiger charge is -2.42. The molecule has 0 radical (unpaired) electrons. The molecule has 1 aliphatic heterocycles. The minimum atomic E-state index is 0.317. The van der Waals surface area contributed by atoms with Crippen LogP contribution in [0.2, 0.25) is 0 Å². The fraction of sp³-hybridized carbons (Fsp3) is 0.533. The third-order valence-electron chi connectivity index (χ3n) is 3.91. The van der Waals surface area contributed by atoms with Crippen molar-refractivity contribution in [3.63, 3.8) is 0 Å². The molecule has 0 spiro atoms. The van der Waals surface area contributed by atoms with Crippen LogP contribution in [-0.4, -0.2) is 33.5 Å². The van der Waals surface area contributed by atoms with Crippen molar-refractivity contribution in [2.75, 3.05) is 12.3 Å². The quantitative estimate of drug-likeness (QED) is 0.863. The Morgan fingerprint density at radius 1 is 1.42 bits per heavy atom. The zero-order valence-electron chi connectivity index (χ0n) is 11.6. The highest BCUT2D eigenvalue weighted by Crippen LogP contribution is 2.33. The maximum Gasteiger partial charge on any atom is 0.0746 e. The number of thioether (sulfide) groups is 1. The fourth-order valence-corrected chi connectivity index (χ4v) is 3.97. The van der Waals surface area contributed by atoms with E-state index in [4.69, 9.17) is 18.0 Å². The van der Waals surface area contributed by atoms with Crippen molar-refractivity contribution in [2.24, 2.45) is 5.73 Å². The standard InChI is InChI=1S/C15H22N2S2/c1-11-12(2)19-9-8-17(11)14(10-15(16)18)13-6-4-3-5-7-13/h3-7,11-12,14H,8-10H2,1-2H3,(H2,16,18). The summed E-state index contributed by atoms with van der Waals surface area (Å²) < 4.78 is 0. The molecule has 19 heavy (non-hydrogen) atoms. The van der Waals surface area contributed by atoms with Gasteiger partial charge in [-0.15, -0.1) is 0 Å². The molecule has 0 amide bonds. The van der Waals surface area contributed by atoms with Gasteiger partial charge in [-0.2, -0.15) is 11.8 Å². The van der Waals surface area contributed by atoms with Gasteiger partial charge in [-0.05, 0) is 12.5 Å². The Hall–Kier alpha value is -0.580. The molecule has 0 aromatic heterocycles. The first kappa shape index (κ1) is 14.8. The Labute approximate surface area is 125 Å². The van der Waals surface area contributed by atoms with Gasteiger partial charge in [-0.1, -0.05) is 49.5 Å². The highest BCUT2D eigenvalue weighted by molar-refractivity contribution is 8.00. The van der Waals surface area contributed by atoms with Crippen LogP contribution in [0, 0.1) is 0 Å². The van der Waals surface area contributed by atoms with Crippen LogP contribution in [0.1, 0.15) is 31.9 Å². The Kier molecular flexibility index (Phi) is 5.25. The molecule has 2 N–H and O–H groups in total. The van der Waals surface area contributed by atoms with Gasteiger partial charge in [0.25, 0.3) is 0 Å². The molecular weight excluding hydrogens is 272 g/mol. The van der Waals surface area contributed by atoms with E-state index in [2.05, 4.69) is 60.8 Å². The summed E-state index contributed by atoms with van der Waals surface area (Å²) in [6.45, 7) is 5.73. The maximum atomic E-state index is 5.82. The minimum Gasteiger partial charge on any atom is -0.393 e. The SMILES string of the molecule is CC1SCCN(C(CC(N)=S)c2ccccc2)C1C. The van der Waals surface area contributed by atoms with Crippen LogP contribution in [0.3, 0.4) is 0 Å². The van der Waals surface area contributed by atoms with E-state index in [1.165, 1.54) is 11.3 Å². The molecule has 1 saturated heterocycles. The van der Waals surface area contributed by atoms with Gasteiger partial charge in [0.05, 0.1) is 4.99 Å². The molecule has 1 fully saturated rings. The molecule has 0 saturated carbocycles. The van der Waals surface area contributed by atoms with Crippen LogP contribution in [-0.2, 0) is 0 Å². The number of nitrogens with zero attached hydrogens (tertiary/aromatic N) is 1. The zero-order valence-corrected chi connectivity index (χ0v) is 13.2. The number of benzene rings is 1. The van der Waals surface area contributed by atoms with E-state index in [9.17, 15) is 0 Å². The van der Waals surface area contributed by atoms with Crippen LogP contribution in [0.25, 0.3) is 0 Å². The molecular formula is C15H22N2S2. The van der Waals surface area contributed by atoms with Gasteiger partial charge < -0.3 is 5.73 Å². The summed E-state index contributed by atoms with van der Waals surface area (Å²) in [4.78, 5) is 3.17. The van der Waals surface area contributed by atoms with Crippen molar-refractivity contribution in [1.82, 2.24) is 4.90 Å². The molecule has 0 bridgehead atoms. The molecule has 0 aliphatic carbocycles. The van der Waals surface area contributed by atoms with Gasteiger partial charge in [0, 0.05) is 36.1 Å². The highest BCUT2D eigenvalue weighted by atomic mass is 32.2. The third kappa shape index (κ3) is 3.71. The van der Waals surface area contributed by atoms with E-state index in [1.54, 1.807) is 0 Å². The number of hydrogen-bond donors (Lipinski definition) is 1. The molecule has 1 heterocycles. The predicted octanol–water partition coefficient (Wildman–Crippen LogP) is 3.23. The van der Waals surface area contributed by atoms with Crippen LogP contribution >= 0.6 is 24.0 Å². The summed E-state index contributed by atoms with van der Waals surface area (Å²) in [5.41, 5.74) is 7.14. The first-order valence-corrected chi connectivity index (χ1v) is 8.26. The van der Waals surface area contributed by atoms with Crippen LogP contribution < -0.4 is 5.73 Å². The summed E-state index contributed by atoms with van der Waals surface area (Å²) in [5, 5.41) is 0.659. The maximum absolute atomic E-state index is 5.82. The van der Waals surface area contributed by atoms with Gasteiger partial charge in [-0.3, -0.25) is 4.90 Å². The zero-order chi connectivity index (χ0) is 13.8. The lowest BCUT2D eigenvalue weighted by Crippen LogP contribution is -2.47. The summed E-state index contributed by atoms with van der Waals surface area (Å²) in [6, 6.07) is 11.5. The largest absolute Gasteiger partial charge is 0.393 e. The molecule has 2 nitrogen and oxygen atoms in total. The topological polar surface area (TPSA) is 29.3 Å². The number of hydrogen-bond acceptors (Lipinski definition) is 3. The van der Waals surface area contributed by atoms with Crippen LogP contribution in [0.15, 0.2) is 30.3 Å².